The molecule has 0 aliphatic rings. The van der Waals surface area contributed by atoms with Crippen molar-refractivity contribution in [3.05, 3.63) is 12.2 Å². The molecule has 0 bridgehead atoms. The Labute approximate surface area is 62.8 Å². The Morgan fingerprint density at radius 3 is 2.00 bits per heavy atom. The Kier molecular flexibility index (Phi) is 3.82. The van der Waals surface area contributed by atoms with Gasteiger partial charge in [0.15, 0.2) is 0 Å². The minimum atomic E-state index is -1.41. The minimum Gasteiger partial charge on any atom is -0.232 e. The quantitative estimate of drug-likeness (QED) is 0.430. The third-order valence-electron chi connectivity index (χ3n) is 0.403. The molecule has 1 nitrogen and oxygen atoms in total. The van der Waals surface area contributed by atoms with Crippen molar-refractivity contribution in [1.82, 2.24) is 0 Å². The largest absolute Gasteiger partial charge is 0.232 e. The van der Waals surface area contributed by atoms with Gasteiger partial charge in [0.05, 0.1) is 0 Å². The van der Waals surface area contributed by atoms with Gasteiger partial charge in [0.2, 0.25) is 3.79 Å². The first-order chi connectivity index (χ1) is 3.56. The monoisotopic (exact) mass is 173 g/mol. The van der Waals surface area contributed by atoms with E-state index in [2.05, 4.69) is 0 Å². The summed E-state index contributed by atoms with van der Waals surface area (Å²) in [5.41, 5.74) is 0. The van der Waals surface area contributed by atoms with Crippen molar-refractivity contribution < 1.29 is 5.11 Å². The molecule has 0 aromatic carbocycles. The first-order valence-corrected chi connectivity index (χ1v) is 3.02. The second-order valence-corrected chi connectivity index (χ2v) is 3.48. The van der Waals surface area contributed by atoms with Gasteiger partial charge in [-0.15, -0.1) is 0 Å². The van der Waals surface area contributed by atoms with Crippen molar-refractivity contribution >= 4 is 34.8 Å². The zero-order chi connectivity index (χ0) is 6.62. The van der Waals surface area contributed by atoms with E-state index < -0.39 is 3.79 Å². The number of halogens is 3. The second-order valence-electron chi connectivity index (χ2n) is 1.11. The van der Waals surface area contributed by atoms with Crippen LogP contribution >= 0.6 is 34.8 Å². The molecule has 0 fully saturated rings. The van der Waals surface area contributed by atoms with E-state index in [0.29, 0.717) is 0 Å². The van der Waals surface area contributed by atoms with Crippen molar-refractivity contribution in [2.24, 2.45) is 0 Å². The van der Waals surface area contributed by atoms with Crippen LogP contribution in [0.2, 0.25) is 0 Å². The molecule has 1 radical (unpaired) electrons. The maximum Gasteiger partial charge on any atom is 0.209 e. The lowest BCUT2D eigenvalue weighted by Crippen LogP contribution is -1.94. The van der Waals surface area contributed by atoms with E-state index >= 15 is 0 Å². The van der Waals surface area contributed by atoms with Gasteiger partial charge < -0.3 is 0 Å². The molecule has 0 saturated carbocycles. The predicted molar refractivity (Wildman–Crippen MR) is 35.0 cm³/mol. The van der Waals surface area contributed by atoms with Crippen molar-refractivity contribution in [2.75, 3.05) is 6.61 Å². The van der Waals surface area contributed by atoms with Gasteiger partial charge >= 0.3 is 0 Å². The zero-order valence-electron chi connectivity index (χ0n) is 3.90. The number of allylic oxidation sites excluding steroid dienone is 1. The Hall–Kier alpha value is 0.570. The van der Waals surface area contributed by atoms with Crippen LogP contribution in [0.3, 0.4) is 0 Å². The molecular formula is C4H4Cl3O. The molecule has 0 amide bonds. The van der Waals surface area contributed by atoms with Gasteiger partial charge in [-0.05, 0) is 6.08 Å². The summed E-state index contributed by atoms with van der Waals surface area (Å²) in [7, 11) is 0. The molecule has 0 spiro atoms. The van der Waals surface area contributed by atoms with E-state index in [1.54, 1.807) is 0 Å². The number of hydrogen-bond acceptors (Lipinski definition) is 0. The standard InChI is InChI=1S/C4H4Cl3O/c5-4(6,7)2-1-3-8/h1-2H,3H2/b2-1+. The van der Waals surface area contributed by atoms with Gasteiger partial charge in [-0.1, -0.05) is 40.9 Å². The highest BCUT2D eigenvalue weighted by molar-refractivity contribution is 6.68. The fraction of sp³-hybridized carbons (Fsp3) is 0.500. The summed E-state index contributed by atoms with van der Waals surface area (Å²) in [6.07, 6.45) is 2.48. The summed E-state index contributed by atoms with van der Waals surface area (Å²) in [6.45, 7) is -0.353. The van der Waals surface area contributed by atoms with Crippen LogP contribution in [0, 0.1) is 0 Å². The molecule has 0 N–H and O–H groups in total. The number of rotatable bonds is 1. The highest BCUT2D eigenvalue weighted by Crippen LogP contribution is 2.26. The highest BCUT2D eigenvalue weighted by atomic mass is 35.6. The molecule has 0 atom stereocenters. The van der Waals surface area contributed by atoms with Crippen LogP contribution in [0.15, 0.2) is 12.2 Å². The van der Waals surface area contributed by atoms with E-state index in [9.17, 15) is 5.11 Å². The molecule has 4 heteroatoms. The predicted octanol–water partition coefficient (Wildman–Crippen LogP) is 2.34. The third-order valence-corrected chi connectivity index (χ3v) is 0.781. The first-order valence-electron chi connectivity index (χ1n) is 1.89. The third kappa shape index (κ3) is 6.57. The normalized spacial score (nSPS) is 13.0. The van der Waals surface area contributed by atoms with Crippen LogP contribution in [0.5, 0.6) is 0 Å². The summed E-state index contributed by atoms with van der Waals surface area (Å²) >= 11 is 15.7. The molecule has 0 aliphatic heterocycles. The maximum absolute atomic E-state index is 9.71. The summed E-state index contributed by atoms with van der Waals surface area (Å²) in [4.78, 5) is 0. The molecule has 0 aromatic heterocycles. The van der Waals surface area contributed by atoms with E-state index in [1.807, 2.05) is 0 Å². The van der Waals surface area contributed by atoms with Crippen molar-refractivity contribution in [1.29, 1.82) is 0 Å². The smallest absolute Gasteiger partial charge is 0.209 e. The fourth-order valence-electron chi connectivity index (χ4n) is 0.182. The van der Waals surface area contributed by atoms with Gasteiger partial charge in [-0.2, -0.15) is 0 Å². The Bertz CT molecular complexity index is 83.8. The van der Waals surface area contributed by atoms with Crippen LogP contribution in [0.25, 0.3) is 0 Å². The van der Waals surface area contributed by atoms with Crippen molar-refractivity contribution in [2.45, 2.75) is 3.79 Å². The van der Waals surface area contributed by atoms with E-state index in [-0.39, 0.29) is 6.61 Å². The SMILES string of the molecule is [O]C/C=C/C(Cl)(Cl)Cl. The van der Waals surface area contributed by atoms with Gasteiger partial charge in [0.25, 0.3) is 0 Å². The van der Waals surface area contributed by atoms with E-state index in [1.165, 1.54) is 12.2 Å². The van der Waals surface area contributed by atoms with Gasteiger partial charge in [0, 0.05) is 0 Å². The van der Waals surface area contributed by atoms with E-state index in [4.69, 9.17) is 34.8 Å². The summed E-state index contributed by atoms with van der Waals surface area (Å²) < 4.78 is -1.41. The Morgan fingerprint density at radius 1 is 1.38 bits per heavy atom. The van der Waals surface area contributed by atoms with Crippen LogP contribution in [0.4, 0.5) is 0 Å². The highest BCUT2D eigenvalue weighted by Gasteiger charge is 2.12. The lowest BCUT2D eigenvalue weighted by molar-refractivity contribution is 0.232. The van der Waals surface area contributed by atoms with Crippen LogP contribution in [-0.2, 0) is 5.11 Å². The molecule has 0 aromatic rings. The van der Waals surface area contributed by atoms with Crippen LogP contribution in [0.1, 0.15) is 0 Å². The topological polar surface area (TPSA) is 19.9 Å². The number of alkyl halides is 3. The van der Waals surface area contributed by atoms with Gasteiger partial charge in [-0.3, -0.25) is 0 Å². The lowest BCUT2D eigenvalue weighted by Gasteiger charge is -1.99. The molecule has 0 rings (SSSR count). The minimum absolute atomic E-state index is 0.353. The van der Waals surface area contributed by atoms with Crippen LogP contribution < -0.4 is 0 Å². The molecule has 0 heterocycles. The molecular weight excluding hydrogens is 170 g/mol. The second kappa shape index (κ2) is 3.57. The summed E-state index contributed by atoms with van der Waals surface area (Å²) in [5.74, 6) is 0. The van der Waals surface area contributed by atoms with Crippen LogP contribution in [-0.4, -0.2) is 10.4 Å². The van der Waals surface area contributed by atoms with Gasteiger partial charge in [-0.25, -0.2) is 5.11 Å². The molecule has 47 valence electrons. The summed E-state index contributed by atoms with van der Waals surface area (Å²) in [6, 6.07) is 0. The van der Waals surface area contributed by atoms with E-state index in [0.717, 1.165) is 0 Å². The zero-order valence-corrected chi connectivity index (χ0v) is 6.17. The first kappa shape index (κ1) is 8.57. The molecule has 8 heavy (non-hydrogen) atoms. The molecule has 0 unspecified atom stereocenters. The fourth-order valence-corrected chi connectivity index (χ4v) is 0.449. The Balaban J connectivity index is 3.52. The average molecular weight is 174 g/mol. The van der Waals surface area contributed by atoms with Crippen molar-refractivity contribution in [3.63, 3.8) is 0 Å². The Morgan fingerprint density at radius 2 is 1.88 bits per heavy atom. The van der Waals surface area contributed by atoms with Gasteiger partial charge in [0.1, 0.15) is 6.61 Å². The molecule has 0 aliphatic carbocycles. The van der Waals surface area contributed by atoms with Crippen molar-refractivity contribution in [3.8, 4) is 0 Å². The average Bonchev–Trinajstić information content (AvgIpc) is 1.59. The lowest BCUT2D eigenvalue weighted by atomic mass is 10.5. The maximum atomic E-state index is 9.71. The number of hydrogen-bond donors (Lipinski definition) is 0. The summed E-state index contributed by atoms with van der Waals surface area (Å²) in [5, 5.41) is 9.71. The molecule has 0 saturated heterocycles.